The zero-order valence-electron chi connectivity index (χ0n) is 17.5. The lowest BCUT2D eigenvalue weighted by molar-refractivity contribution is -0.141. The second-order valence-corrected chi connectivity index (χ2v) is 7.60. The Hall–Kier alpha value is -3.81. The van der Waals surface area contributed by atoms with E-state index in [0.717, 1.165) is 17.7 Å². The molecule has 5 nitrogen and oxygen atoms in total. The topological polar surface area (TPSA) is 86.6 Å². The fourth-order valence-corrected chi connectivity index (χ4v) is 3.33. The van der Waals surface area contributed by atoms with Gasteiger partial charge in [-0.1, -0.05) is 48.5 Å². The number of carboxylic acids is 1. The lowest BCUT2D eigenvalue weighted by Gasteiger charge is -2.15. The number of phenolic OH excluding ortho intramolecular Hbond substituents is 1. The van der Waals surface area contributed by atoms with Crippen molar-refractivity contribution >= 4 is 11.9 Å². The largest absolute Gasteiger partial charge is 0.508 e. The number of rotatable bonds is 8. The molecule has 0 bridgehead atoms. The van der Waals surface area contributed by atoms with Crippen LogP contribution in [0.5, 0.6) is 5.75 Å². The van der Waals surface area contributed by atoms with Crippen LogP contribution >= 0.6 is 0 Å². The summed E-state index contributed by atoms with van der Waals surface area (Å²) in [6, 6.07) is 16.8. The molecule has 0 aliphatic rings. The monoisotopic (exact) mass is 457 g/mol. The van der Waals surface area contributed by atoms with Crippen molar-refractivity contribution in [2.45, 2.75) is 31.5 Å². The number of aryl methyl sites for hydroxylation is 1. The highest BCUT2D eigenvalue weighted by Gasteiger charge is 2.30. The molecule has 0 heterocycles. The molecule has 0 spiro atoms. The Labute approximate surface area is 188 Å². The van der Waals surface area contributed by atoms with Crippen LogP contribution in [0.15, 0.2) is 72.8 Å². The van der Waals surface area contributed by atoms with Crippen LogP contribution in [0.4, 0.5) is 13.2 Å². The van der Waals surface area contributed by atoms with Crippen molar-refractivity contribution < 1.29 is 33.0 Å². The Morgan fingerprint density at radius 2 is 1.52 bits per heavy atom. The number of carbonyl (C=O) groups is 2. The van der Waals surface area contributed by atoms with Crippen LogP contribution in [0.1, 0.15) is 23.1 Å². The molecule has 3 N–H and O–H groups in total. The van der Waals surface area contributed by atoms with Crippen LogP contribution in [-0.2, 0) is 28.6 Å². The maximum Gasteiger partial charge on any atom is 0.416 e. The first-order valence-electron chi connectivity index (χ1n) is 10.2. The molecule has 3 rings (SSSR count). The van der Waals surface area contributed by atoms with Gasteiger partial charge in [-0.25, -0.2) is 4.79 Å². The predicted molar refractivity (Wildman–Crippen MR) is 117 cm³/mol. The number of nitrogens with one attached hydrogen (secondary N) is 1. The third-order valence-electron chi connectivity index (χ3n) is 5.13. The van der Waals surface area contributed by atoms with Gasteiger partial charge in [0.2, 0.25) is 5.91 Å². The van der Waals surface area contributed by atoms with Crippen molar-refractivity contribution in [1.82, 2.24) is 5.32 Å². The second kappa shape index (κ2) is 10.2. The van der Waals surface area contributed by atoms with Gasteiger partial charge in [-0.3, -0.25) is 4.79 Å². The summed E-state index contributed by atoms with van der Waals surface area (Å²) in [4.78, 5) is 23.8. The maximum absolute atomic E-state index is 12.9. The van der Waals surface area contributed by atoms with Gasteiger partial charge in [0.15, 0.2) is 0 Å². The number of hydrogen-bond acceptors (Lipinski definition) is 3. The minimum Gasteiger partial charge on any atom is -0.508 e. The summed E-state index contributed by atoms with van der Waals surface area (Å²) in [5, 5.41) is 21.2. The fourth-order valence-electron chi connectivity index (χ4n) is 3.33. The number of benzene rings is 3. The molecule has 33 heavy (non-hydrogen) atoms. The van der Waals surface area contributed by atoms with Gasteiger partial charge in [0.1, 0.15) is 11.8 Å². The average Bonchev–Trinajstić information content (AvgIpc) is 2.78. The van der Waals surface area contributed by atoms with Crippen molar-refractivity contribution in [1.29, 1.82) is 0 Å². The third-order valence-corrected chi connectivity index (χ3v) is 5.13. The molecule has 0 unspecified atom stereocenters. The van der Waals surface area contributed by atoms with E-state index in [9.17, 15) is 33.0 Å². The molecule has 0 aliphatic carbocycles. The second-order valence-electron chi connectivity index (χ2n) is 7.60. The summed E-state index contributed by atoms with van der Waals surface area (Å²) < 4.78 is 38.8. The summed E-state index contributed by atoms with van der Waals surface area (Å²) in [6.07, 6.45) is -3.94. The first-order chi connectivity index (χ1) is 15.6. The number of halogens is 3. The van der Waals surface area contributed by atoms with Crippen molar-refractivity contribution in [3.05, 3.63) is 89.5 Å². The van der Waals surface area contributed by atoms with E-state index in [1.54, 1.807) is 42.5 Å². The van der Waals surface area contributed by atoms with Gasteiger partial charge in [0.05, 0.1) is 5.56 Å². The van der Waals surface area contributed by atoms with Crippen molar-refractivity contribution in [2.75, 3.05) is 0 Å². The molecule has 3 aromatic carbocycles. The molecule has 0 saturated carbocycles. The number of aliphatic carboxylic acids is 1. The minimum absolute atomic E-state index is 0.0578. The van der Waals surface area contributed by atoms with Crippen molar-refractivity contribution in [3.63, 3.8) is 0 Å². The van der Waals surface area contributed by atoms with Crippen LogP contribution in [0.2, 0.25) is 0 Å². The van der Waals surface area contributed by atoms with Gasteiger partial charge in [-0.05, 0) is 52.9 Å². The minimum atomic E-state index is -4.42. The molecule has 0 aromatic heterocycles. The van der Waals surface area contributed by atoms with E-state index in [2.05, 4.69) is 5.32 Å². The molecule has 0 radical (unpaired) electrons. The molecule has 0 fully saturated rings. The highest BCUT2D eigenvalue weighted by molar-refractivity contribution is 5.83. The molecule has 0 saturated heterocycles. The zero-order valence-corrected chi connectivity index (χ0v) is 17.5. The van der Waals surface area contributed by atoms with Gasteiger partial charge in [-0.15, -0.1) is 0 Å². The Morgan fingerprint density at radius 3 is 2.12 bits per heavy atom. The van der Waals surface area contributed by atoms with Crippen LogP contribution in [0, 0.1) is 0 Å². The standard InChI is InChI=1S/C25H22F3NO4/c26-25(27,28)20-3-1-2-19(15-20)18-9-4-16(5-10-18)8-13-23(31)29-22(24(32)33)14-17-6-11-21(30)12-7-17/h1-7,9-12,15,22,30H,8,13-14H2,(H,29,31)(H,32,33)/t22-/m0/s1. The number of hydrogen-bond donors (Lipinski definition) is 3. The Kier molecular flexibility index (Phi) is 7.37. The summed E-state index contributed by atoms with van der Waals surface area (Å²) in [5.74, 6) is -1.53. The molecule has 3 aromatic rings. The van der Waals surface area contributed by atoms with E-state index in [-0.39, 0.29) is 18.6 Å². The van der Waals surface area contributed by atoms with Crippen molar-refractivity contribution in [2.24, 2.45) is 0 Å². The molecule has 8 heteroatoms. The lowest BCUT2D eigenvalue weighted by Crippen LogP contribution is -2.42. The number of carbonyl (C=O) groups excluding carboxylic acids is 1. The fraction of sp³-hybridized carbons (Fsp3) is 0.200. The number of carboxylic acid groups (broad SMARTS) is 1. The van der Waals surface area contributed by atoms with E-state index in [1.807, 2.05) is 0 Å². The number of aromatic hydroxyl groups is 1. The first kappa shape index (κ1) is 23.8. The summed E-state index contributed by atoms with van der Waals surface area (Å²) in [7, 11) is 0. The van der Waals surface area contributed by atoms with Crippen LogP contribution in [0.25, 0.3) is 11.1 Å². The highest BCUT2D eigenvalue weighted by atomic mass is 19.4. The van der Waals surface area contributed by atoms with Crippen LogP contribution < -0.4 is 5.32 Å². The van der Waals surface area contributed by atoms with Gasteiger partial charge in [-0.2, -0.15) is 13.2 Å². The van der Waals surface area contributed by atoms with E-state index in [0.29, 0.717) is 23.1 Å². The Morgan fingerprint density at radius 1 is 0.879 bits per heavy atom. The third kappa shape index (κ3) is 6.83. The van der Waals surface area contributed by atoms with Crippen LogP contribution in [-0.4, -0.2) is 28.1 Å². The van der Waals surface area contributed by atoms with Gasteiger partial charge in [0.25, 0.3) is 0 Å². The zero-order chi connectivity index (χ0) is 24.0. The predicted octanol–water partition coefficient (Wildman–Crippen LogP) is 4.82. The summed E-state index contributed by atoms with van der Waals surface area (Å²) >= 11 is 0. The quantitative estimate of drug-likeness (QED) is 0.453. The van der Waals surface area contributed by atoms with E-state index in [1.165, 1.54) is 18.2 Å². The summed E-state index contributed by atoms with van der Waals surface area (Å²) in [6.45, 7) is 0. The van der Waals surface area contributed by atoms with Gasteiger partial charge >= 0.3 is 12.1 Å². The van der Waals surface area contributed by atoms with Gasteiger partial charge < -0.3 is 15.5 Å². The number of phenols is 1. The summed E-state index contributed by atoms with van der Waals surface area (Å²) in [5.41, 5.74) is 1.79. The van der Waals surface area contributed by atoms with Gasteiger partial charge in [0, 0.05) is 12.8 Å². The lowest BCUT2D eigenvalue weighted by atomic mass is 10.00. The molecule has 1 amide bonds. The maximum atomic E-state index is 12.9. The molecule has 1 atom stereocenters. The van der Waals surface area contributed by atoms with E-state index >= 15 is 0 Å². The smallest absolute Gasteiger partial charge is 0.416 e. The molecular formula is C25H22F3NO4. The Balaban J connectivity index is 1.57. The Bertz CT molecular complexity index is 1110. The SMILES string of the molecule is O=C(CCc1ccc(-c2cccc(C(F)(F)F)c2)cc1)N[C@@H](Cc1ccc(O)cc1)C(=O)O. The van der Waals surface area contributed by atoms with Crippen LogP contribution in [0.3, 0.4) is 0 Å². The van der Waals surface area contributed by atoms with Crippen molar-refractivity contribution in [3.8, 4) is 16.9 Å². The van der Waals surface area contributed by atoms with E-state index in [4.69, 9.17) is 0 Å². The number of alkyl halides is 3. The molecular weight excluding hydrogens is 435 g/mol. The number of amides is 1. The highest BCUT2D eigenvalue weighted by Crippen LogP contribution is 2.32. The normalized spacial score (nSPS) is 12.2. The molecule has 0 aliphatic heterocycles. The molecule has 172 valence electrons. The average molecular weight is 457 g/mol. The van der Waals surface area contributed by atoms with E-state index < -0.39 is 29.7 Å². The first-order valence-corrected chi connectivity index (χ1v) is 10.2.